The van der Waals surface area contributed by atoms with Crippen molar-refractivity contribution in [3.63, 3.8) is 0 Å². The number of amides is 1. The molecule has 1 aromatic rings. The van der Waals surface area contributed by atoms with Crippen molar-refractivity contribution in [2.45, 2.75) is 46.1 Å². The molecule has 0 spiro atoms. The molecule has 6 heteroatoms. The van der Waals surface area contributed by atoms with Crippen LogP contribution >= 0.6 is 0 Å². The molecule has 0 saturated carbocycles. The van der Waals surface area contributed by atoms with E-state index in [0.717, 1.165) is 19.1 Å². The normalized spacial score (nSPS) is 12.3. The summed E-state index contributed by atoms with van der Waals surface area (Å²) in [6.45, 7) is 5.45. The van der Waals surface area contributed by atoms with Crippen LogP contribution in [0.3, 0.4) is 0 Å². The molecule has 1 amide bonds. The summed E-state index contributed by atoms with van der Waals surface area (Å²) in [5.74, 6) is -0.851. The zero-order valence-corrected chi connectivity index (χ0v) is 14.4. The van der Waals surface area contributed by atoms with Crippen LogP contribution in [0.25, 0.3) is 0 Å². The first-order valence-electron chi connectivity index (χ1n) is 8.02. The number of hydrogen-bond donors (Lipinski definition) is 2. The van der Waals surface area contributed by atoms with Crippen molar-refractivity contribution in [3.8, 4) is 5.75 Å². The lowest BCUT2D eigenvalue weighted by Gasteiger charge is -2.26. The van der Waals surface area contributed by atoms with E-state index < -0.39 is 17.4 Å². The number of unbranched alkanes of at least 4 members (excludes halogenated alkanes) is 1. The van der Waals surface area contributed by atoms with Gasteiger partial charge in [0.05, 0.1) is 5.41 Å². The van der Waals surface area contributed by atoms with Gasteiger partial charge in [0.2, 0.25) is 5.91 Å². The molecule has 132 valence electrons. The summed E-state index contributed by atoms with van der Waals surface area (Å²) in [5.41, 5.74) is -0.344. The van der Waals surface area contributed by atoms with Gasteiger partial charge in [0, 0.05) is 5.56 Å². The quantitative estimate of drug-likeness (QED) is 0.641. The monoisotopic (exact) mass is 335 g/mol. The van der Waals surface area contributed by atoms with Crippen molar-refractivity contribution in [2.75, 3.05) is 6.61 Å². The summed E-state index contributed by atoms with van der Waals surface area (Å²) < 4.78 is 5.59. The third-order valence-electron chi connectivity index (χ3n) is 3.68. The number of benzene rings is 1. The lowest BCUT2D eigenvalue weighted by atomic mass is 9.92. The SMILES string of the molecule is CCCCC(NC(=O)C(C)(C)COc1ccc(C=O)cc1)C(=O)O. The Morgan fingerprint density at radius 2 is 1.92 bits per heavy atom. The lowest BCUT2D eigenvalue weighted by Crippen LogP contribution is -2.48. The summed E-state index contributed by atoms with van der Waals surface area (Å²) in [6, 6.07) is 5.67. The van der Waals surface area contributed by atoms with E-state index in [1.807, 2.05) is 6.92 Å². The number of carboxylic acid groups (broad SMARTS) is 1. The molecule has 0 radical (unpaired) electrons. The van der Waals surface area contributed by atoms with Gasteiger partial charge < -0.3 is 15.2 Å². The first-order valence-corrected chi connectivity index (χ1v) is 8.02. The van der Waals surface area contributed by atoms with Crippen molar-refractivity contribution >= 4 is 18.2 Å². The van der Waals surface area contributed by atoms with Crippen LogP contribution in [0, 0.1) is 5.41 Å². The number of aliphatic carboxylic acids is 1. The highest BCUT2D eigenvalue weighted by Crippen LogP contribution is 2.20. The van der Waals surface area contributed by atoms with Crippen LogP contribution in [0.5, 0.6) is 5.75 Å². The number of nitrogens with one attached hydrogen (secondary N) is 1. The van der Waals surface area contributed by atoms with Crippen LogP contribution in [-0.2, 0) is 9.59 Å². The molecule has 0 aromatic heterocycles. The topological polar surface area (TPSA) is 92.7 Å². The Morgan fingerprint density at radius 1 is 1.29 bits per heavy atom. The predicted molar refractivity (Wildman–Crippen MR) is 90.2 cm³/mol. The van der Waals surface area contributed by atoms with Gasteiger partial charge in [0.15, 0.2) is 0 Å². The van der Waals surface area contributed by atoms with Gasteiger partial charge in [-0.15, -0.1) is 0 Å². The molecule has 0 aliphatic rings. The highest BCUT2D eigenvalue weighted by molar-refractivity contribution is 5.87. The van der Waals surface area contributed by atoms with E-state index in [0.29, 0.717) is 17.7 Å². The molecule has 1 unspecified atom stereocenters. The number of carbonyl (C=O) groups is 3. The van der Waals surface area contributed by atoms with Gasteiger partial charge in [-0.05, 0) is 44.5 Å². The molecule has 1 atom stereocenters. The maximum atomic E-state index is 12.4. The van der Waals surface area contributed by atoms with Gasteiger partial charge >= 0.3 is 5.97 Å². The van der Waals surface area contributed by atoms with Crippen LogP contribution in [0.4, 0.5) is 0 Å². The minimum Gasteiger partial charge on any atom is -0.492 e. The van der Waals surface area contributed by atoms with Crippen LogP contribution < -0.4 is 10.1 Å². The molecule has 0 bridgehead atoms. The van der Waals surface area contributed by atoms with Crippen molar-refractivity contribution < 1.29 is 24.2 Å². The molecule has 0 fully saturated rings. The van der Waals surface area contributed by atoms with Crippen molar-refractivity contribution in [3.05, 3.63) is 29.8 Å². The fraction of sp³-hybridized carbons (Fsp3) is 0.500. The number of carboxylic acids is 1. The molecular formula is C18H25NO5. The predicted octanol–water partition coefficient (Wildman–Crippen LogP) is 2.66. The minimum atomic E-state index is -1.03. The van der Waals surface area contributed by atoms with Crippen LogP contribution in [0.15, 0.2) is 24.3 Å². The number of aldehydes is 1. The van der Waals surface area contributed by atoms with Crippen LogP contribution in [0.2, 0.25) is 0 Å². The van der Waals surface area contributed by atoms with E-state index in [-0.39, 0.29) is 12.5 Å². The Kier molecular flexibility index (Phi) is 7.42. The van der Waals surface area contributed by atoms with E-state index in [1.165, 1.54) is 0 Å². The average Bonchev–Trinajstić information content (AvgIpc) is 2.56. The van der Waals surface area contributed by atoms with E-state index in [4.69, 9.17) is 4.74 Å². The number of ether oxygens (including phenoxy) is 1. The summed E-state index contributed by atoms with van der Waals surface area (Å²) in [5, 5.41) is 11.8. The Balaban J connectivity index is 2.62. The Morgan fingerprint density at radius 3 is 2.42 bits per heavy atom. The van der Waals surface area contributed by atoms with Gasteiger partial charge in [0.25, 0.3) is 0 Å². The molecule has 24 heavy (non-hydrogen) atoms. The van der Waals surface area contributed by atoms with Crippen molar-refractivity contribution in [2.24, 2.45) is 5.41 Å². The van der Waals surface area contributed by atoms with E-state index in [1.54, 1.807) is 38.1 Å². The van der Waals surface area contributed by atoms with Gasteiger partial charge in [-0.3, -0.25) is 9.59 Å². The van der Waals surface area contributed by atoms with Gasteiger partial charge in [-0.2, -0.15) is 0 Å². The minimum absolute atomic E-state index is 0.0966. The van der Waals surface area contributed by atoms with Gasteiger partial charge in [-0.1, -0.05) is 19.8 Å². The summed E-state index contributed by atoms with van der Waals surface area (Å²) in [4.78, 5) is 34.2. The van der Waals surface area contributed by atoms with E-state index in [9.17, 15) is 19.5 Å². The number of hydrogen-bond acceptors (Lipinski definition) is 4. The standard InChI is InChI=1S/C18H25NO5/c1-4-5-6-15(16(21)22)19-17(23)18(2,3)12-24-14-9-7-13(11-20)8-10-14/h7-11,15H,4-6,12H2,1-3H3,(H,19,23)(H,21,22). The second kappa shape index (κ2) is 9.05. The lowest BCUT2D eigenvalue weighted by molar-refractivity contribution is -0.144. The summed E-state index contributed by atoms with van der Waals surface area (Å²) >= 11 is 0. The van der Waals surface area contributed by atoms with Crippen LogP contribution in [-0.4, -0.2) is 35.9 Å². The molecule has 0 aliphatic carbocycles. The van der Waals surface area contributed by atoms with Crippen LogP contribution in [0.1, 0.15) is 50.4 Å². The Bertz CT molecular complexity index is 565. The summed E-state index contributed by atoms with van der Waals surface area (Å²) in [6.07, 6.45) is 2.74. The van der Waals surface area contributed by atoms with Gasteiger partial charge in [0.1, 0.15) is 24.7 Å². The maximum absolute atomic E-state index is 12.4. The highest BCUT2D eigenvalue weighted by atomic mass is 16.5. The first-order chi connectivity index (χ1) is 11.3. The Hall–Kier alpha value is -2.37. The molecule has 0 heterocycles. The molecule has 2 N–H and O–H groups in total. The largest absolute Gasteiger partial charge is 0.492 e. The smallest absolute Gasteiger partial charge is 0.326 e. The Labute approximate surface area is 142 Å². The first kappa shape index (κ1) is 19.7. The fourth-order valence-corrected chi connectivity index (χ4v) is 1.99. The molecule has 0 aliphatic heterocycles. The third-order valence-corrected chi connectivity index (χ3v) is 3.68. The number of rotatable bonds is 10. The van der Waals surface area contributed by atoms with Crippen molar-refractivity contribution in [1.82, 2.24) is 5.32 Å². The van der Waals surface area contributed by atoms with Crippen molar-refractivity contribution in [1.29, 1.82) is 0 Å². The summed E-state index contributed by atoms with van der Waals surface area (Å²) in [7, 11) is 0. The third kappa shape index (κ3) is 6.02. The second-order valence-electron chi connectivity index (χ2n) is 6.37. The zero-order valence-electron chi connectivity index (χ0n) is 14.4. The fourth-order valence-electron chi connectivity index (χ4n) is 1.99. The zero-order chi connectivity index (χ0) is 18.2. The van der Waals surface area contributed by atoms with E-state index in [2.05, 4.69) is 5.32 Å². The molecule has 6 nitrogen and oxygen atoms in total. The molecule has 1 rings (SSSR count). The highest BCUT2D eigenvalue weighted by Gasteiger charge is 2.32. The molecule has 0 saturated heterocycles. The average molecular weight is 335 g/mol. The molecular weight excluding hydrogens is 310 g/mol. The van der Waals surface area contributed by atoms with Gasteiger partial charge in [-0.25, -0.2) is 4.79 Å². The maximum Gasteiger partial charge on any atom is 0.326 e. The number of carbonyl (C=O) groups excluding carboxylic acids is 2. The van der Waals surface area contributed by atoms with E-state index >= 15 is 0 Å². The molecule has 1 aromatic carbocycles. The second-order valence-corrected chi connectivity index (χ2v) is 6.37.